The normalized spacial score (nSPS) is 16.3. The van der Waals surface area contributed by atoms with Crippen LogP contribution in [0.2, 0.25) is 0 Å². The molecule has 0 amide bonds. The molecule has 0 aliphatic rings. The standard InChI is InChI=1S/C13H19F2NO2/c1-8(7-17)9(2)16-6-13(18)11-5-10(14)3-4-12(11)15/h3-5,8-9,13,16-18H,6-7H2,1-2H3. The maximum Gasteiger partial charge on any atom is 0.129 e. The lowest BCUT2D eigenvalue weighted by Crippen LogP contribution is -2.36. The topological polar surface area (TPSA) is 52.5 Å². The second kappa shape index (κ2) is 6.78. The Balaban J connectivity index is 2.60. The molecule has 3 atom stereocenters. The fraction of sp³-hybridized carbons (Fsp3) is 0.538. The minimum absolute atomic E-state index is 0.0227. The third kappa shape index (κ3) is 4.01. The SMILES string of the molecule is CC(CO)C(C)NCC(O)c1cc(F)ccc1F. The Morgan fingerprint density at radius 2 is 1.94 bits per heavy atom. The molecular formula is C13H19F2NO2. The Bertz CT molecular complexity index is 387. The fourth-order valence-corrected chi connectivity index (χ4v) is 1.54. The van der Waals surface area contributed by atoms with E-state index in [0.717, 1.165) is 18.2 Å². The summed E-state index contributed by atoms with van der Waals surface area (Å²) in [5, 5.41) is 21.7. The number of aliphatic hydroxyl groups excluding tert-OH is 2. The van der Waals surface area contributed by atoms with Crippen molar-refractivity contribution in [2.45, 2.75) is 26.0 Å². The lowest BCUT2D eigenvalue weighted by atomic mass is 10.0. The molecular weight excluding hydrogens is 240 g/mol. The van der Waals surface area contributed by atoms with Gasteiger partial charge in [-0.05, 0) is 31.0 Å². The van der Waals surface area contributed by atoms with Gasteiger partial charge >= 0.3 is 0 Å². The Labute approximate surface area is 105 Å². The van der Waals surface area contributed by atoms with Gasteiger partial charge in [-0.1, -0.05) is 6.92 Å². The molecule has 3 nitrogen and oxygen atoms in total. The van der Waals surface area contributed by atoms with Gasteiger partial charge in [0.25, 0.3) is 0 Å². The molecule has 0 saturated carbocycles. The zero-order chi connectivity index (χ0) is 13.7. The van der Waals surface area contributed by atoms with E-state index >= 15 is 0 Å². The highest BCUT2D eigenvalue weighted by Gasteiger charge is 2.16. The molecule has 0 saturated heterocycles. The van der Waals surface area contributed by atoms with Gasteiger partial charge in [0.1, 0.15) is 11.6 Å². The smallest absolute Gasteiger partial charge is 0.129 e. The van der Waals surface area contributed by atoms with Crippen LogP contribution in [0.5, 0.6) is 0 Å². The van der Waals surface area contributed by atoms with Crippen LogP contribution in [0.3, 0.4) is 0 Å². The van der Waals surface area contributed by atoms with E-state index in [0.29, 0.717) is 0 Å². The van der Waals surface area contributed by atoms with E-state index in [4.69, 9.17) is 5.11 Å². The van der Waals surface area contributed by atoms with Crippen LogP contribution in [0.25, 0.3) is 0 Å². The first-order valence-electron chi connectivity index (χ1n) is 5.93. The van der Waals surface area contributed by atoms with Crippen LogP contribution in [-0.4, -0.2) is 29.4 Å². The first kappa shape index (κ1) is 15.0. The minimum atomic E-state index is -1.12. The molecule has 0 heterocycles. The summed E-state index contributed by atoms with van der Waals surface area (Å²) in [5.41, 5.74) is -0.0636. The highest BCUT2D eigenvalue weighted by atomic mass is 19.1. The van der Waals surface area contributed by atoms with Crippen LogP contribution in [-0.2, 0) is 0 Å². The predicted octanol–water partition coefficient (Wildman–Crippen LogP) is 1.60. The van der Waals surface area contributed by atoms with Crippen molar-refractivity contribution in [1.29, 1.82) is 0 Å². The van der Waals surface area contributed by atoms with Crippen LogP contribution in [0, 0.1) is 17.6 Å². The van der Waals surface area contributed by atoms with E-state index in [1.54, 1.807) is 0 Å². The van der Waals surface area contributed by atoms with Gasteiger partial charge in [0.2, 0.25) is 0 Å². The monoisotopic (exact) mass is 259 g/mol. The maximum atomic E-state index is 13.4. The summed E-state index contributed by atoms with van der Waals surface area (Å²) in [6.07, 6.45) is -1.12. The van der Waals surface area contributed by atoms with Gasteiger partial charge in [0, 0.05) is 24.8 Å². The van der Waals surface area contributed by atoms with Crippen LogP contribution < -0.4 is 5.32 Å². The van der Waals surface area contributed by atoms with Crippen molar-refractivity contribution in [1.82, 2.24) is 5.32 Å². The van der Waals surface area contributed by atoms with Gasteiger partial charge in [-0.3, -0.25) is 0 Å². The number of nitrogens with one attached hydrogen (secondary N) is 1. The number of hydrogen-bond acceptors (Lipinski definition) is 3. The molecule has 0 fully saturated rings. The molecule has 1 rings (SSSR count). The Kier molecular flexibility index (Phi) is 5.65. The number of halogens is 2. The highest BCUT2D eigenvalue weighted by Crippen LogP contribution is 2.18. The molecule has 0 aromatic heterocycles. The maximum absolute atomic E-state index is 13.4. The average molecular weight is 259 g/mol. The molecule has 0 aliphatic heterocycles. The molecule has 1 aromatic rings. The summed E-state index contributed by atoms with van der Waals surface area (Å²) in [7, 11) is 0. The van der Waals surface area contributed by atoms with Gasteiger partial charge in [0.15, 0.2) is 0 Å². The summed E-state index contributed by atoms with van der Waals surface area (Å²) in [6.45, 7) is 3.84. The van der Waals surface area contributed by atoms with Gasteiger partial charge in [-0.25, -0.2) is 8.78 Å². The first-order chi connectivity index (χ1) is 8.45. The Morgan fingerprint density at radius 3 is 2.56 bits per heavy atom. The third-order valence-corrected chi connectivity index (χ3v) is 3.09. The van der Waals surface area contributed by atoms with Gasteiger partial charge in [-0.2, -0.15) is 0 Å². The van der Waals surface area contributed by atoms with Gasteiger partial charge in [0.05, 0.1) is 6.10 Å². The van der Waals surface area contributed by atoms with Crippen molar-refractivity contribution in [2.24, 2.45) is 5.92 Å². The largest absolute Gasteiger partial charge is 0.396 e. The van der Waals surface area contributed by atoms with Crippen molar-refractivity contribution >= 4 is 0 Å². The number of hydrogen-bond donors (Lipinski definition) is 3. The van der Waals surface area contributed by atoms with E-state index in [2.05, 4.69) is 5.32 Å². The summed E-state index contributed by atoms with van der Waals surface area (Å²) in [5.74, 6) is -1.19. The summed E-state index contributed by atoms with van der Waals surface area (Å²) in [6, 6.07) is 2.96. The van der Waals surface area contributed by atoms with E-state index in [1.807, 2.05) is 13.8 Å². The third-order valence-electron chi connectivity index (χ3n) is 3.09. The zero-order valence-electron chi connectivity index (χ0n) is 10.5. The molecule has 5 heteroatoms. The molecule has 1 aromatic carbocycles. The number of rotatable bonds is 6. The highest BCUT2D eigenvalue weighted by molar-refractivity contribution is 5.21. The lowest BCUT2D eigenvalue weighted by Gasteiger charge is -2.21. The van der Waals surface area contributed by atoms with Crippen molar-refractivity contribution in [3.63, 3.8) is 0 Å². The van der Waals surface area contributed by atoms with Gasteiger partial charge in [-0.15, -0.1) is 0 Å². The van der Waals surface area contributed by atoms with E-state index < -0.39 is 17.7 Å². The Morgan fingerprint density at radius 1 is 1.28 bits per heavy atom. The first-order valence-corrected chi connectivity index (χ1v) is 5.93. The molecule has 3 N–H and O–H groups in total. The summed E-state index contributed by atoms with van der Waals surface area (Å²) in [4.78, 5) is 0. The molecule has 0 spiro atoms. The molecule has 0 aliphatic carbocycles. The van der Waals surface area contributed by atoms with Crippen molar-refractivity contribution in [3.05, 3.63) is 35.4 Å². The molecule has 18 heavy (non-hydrogen) atoms. The van der Waals surface area contributed by atoms with E-state index in [9.17, 15) is 13.9 Å². The second-order valence-corrected chi connectivity index (χ2v) is 4.54. The zero-order valence-corrected chi connectivity index (χ0v) is 10.5. The van der Waals surface area contributed by atoms with Gasteiger partial charge < -0.3 is 15.5 Å². The average Bonchev–Trinajstić information content (AvgIpc) is 2.37. The molecule has 3 unspecified atom stereocenters. The predicted molar refractivity (Wildman–Crippen MR) is 65.0 cm³/mol. The van der Waals surface area contributed by atoms with E-state index in [-0.39, 0.29) is 30.7 Å². The minimum Gasteiger partial charge on any atom is -0.396 e. The van der Waals surface area contributed by atoms with E-state index in [1.165, 1.54) is 0 Å². The fourth-order valence-electron chi connectivity index (χ4n) is 1.54. The van der Waals surface area contributed by atoms with Crippen LogP contribution >= 0.6 is 0 Å². The van der Waals surface area contributed by atoms with Crippen molar-refractivity contribution in [3.8, 4) is 0 Å². The second-order valence-electron chi connectivity index (χ2n) is 4.54. The summed E-state index contributed by atoms with van der Waals surface area (Å²) >= 11 is 0. The van der Waals surface area contributed by atoms with Crippen molar-refractivity contribution in [2.75, 3.05) is 13.2 Å². The van der Waals surface area contributed by atoms with Crippen LogP contribution in [0.1, 0.15) is 25.5 Å². The molecule has 0 radical (unpaired) electrons. The van der Waals surface area contributed by atoms with Crippen molar-refractivity contribution < 1.29 is 19.0 Å². The number of benzene rings is 1. The lowest BCUT2D eigenvalue weighted by molar-refractivity contribution is 0.151. The summed E-state index contributed by atoms with van der Waals surface area (Å²) < 4.78 is 26.3. The van der Waals surface area contributed by atoms with Crippen LogP contribution in [0.15, 0.2) is 18.2 Å². The van der Waals surface area contributed by atoms with Crippen LogP contribution in [0.4, 0.5) is 8.78 Å². The number of aliphatic hydroxyl groups is 2. The Hall–Kier alpha value is -1.04. The molecule has 102 valence electrons. The quantitative estimate of drug-likeness (QED) is 0.727. The molecule has 0 bridgehead atoms.